The van der Waals surface area contributed by atoms with Gasteiger partial charge in [0.05, 0.1) is 0 Å². The van der Waals surface area contributed by atoms with Crippen molar-refractivity contribution in [3.63, 3.8) is 0 Å². The zero-order chi connectivity index (χ0) is 15.0. The Morgan fingerprint density at radius 1 is 1.14 bits per heavy atom. The third-order valence-electron chi connectivity index (χ3n) is 5.29. The van der Waals surface area contributed by atoms with E-state index in [2.05, 4.69) is 61.8 Å². The third-order valence-corrected chi connectivity index (χ3v) is 5.29. The van der Waals surface area contributed by atoms with Crippen LogP contribution in [-0.2, 0) is 5.41 Å². The summed E-state index contributed by atoms with van der Waals surface area (Å²) in [5, 5.41) is 0. The molecule has 3 rings (SSSR count). The van der Waals surface area contributed by atoms with Gasteiger partial charge < -0.3 is 4.90 Å². The Morgan fingerprint density at radius 2 is 1.90 bits per heavy atom. The van der Waals surface area contributed by atoms with Crippen LogP contribution < -0.4 is 4.90 Å². The quantitative estimate of drug-likeness (QED) is 0.809. The molecule has 2 nitrogen and oxygen atoms in total. The first kappa shape index (κ1) is 14.9. The van der Waals surface area contributed by atoms with Crippen molar-refractivity contribution in [3.8, 4) is 0 Å². The van der Waals surface area contributed by atoms with Crippen LogP contribution in [0.3, 0.4) is 0 Å². The molecule has 1 aromatic rings. The molecule has 1 aromatic carbocycles. The summed E-state index contributed by atoms with van der Waals surface area (Å²) >= 11 is 0. The summed E-state index contributed by atoms with van der Waals surface area (Å²) in [6, 6.07) is 10.5. The summed E-state index contributed by atoms with van der Waals surface area (Å²) in [5.74, 6) is 0. The number of piperazine rings is 1. The van der Waals surface area contributed by atoms with Gasteiger partial charge in [0.2, 0.25) is 0 Å². The molecule has 0 spiro atoms. The van der Waals surface area contributed by atoms with Crippen LogP contribution in [0.15, 0.2) is 24.3 Å². The van der Waals surface area contributed by atoms with E-state index in [4.69, 9.17) is 0 Å². The van der Waals surface area contributed by atoms with Crippen molar-refractivity contribution in [2.45, 2.75) is 64.5 Å². The molecule has 21 heavy (non-hydrogen) atoms. The molecule has 2 aliphatic heterocycles. The number of hydrogen-bond donors (Lipinski definition) is 0. The van der Waals surface area contributed by atoms with Crippen molar-refractivity contribution < 1.29 is 0 Å². The summed E-state index contributed by atoms with van der Waals surface area (Å²) in [5.41, 5.74) is 3.18. The van der Waals surface area contributed by atoms with Gasteiger partial charge in [-0.3, -0.25) is 4.90 Å². The van der Waals surface area contributed by atoms with Crippen molar-refractivity contribution in [2.24, 2.45) is 0 Å². The lowest BCUT2D eigenvalue weighted by molar-refractivity contribution is 0.194. The van der Waals surface area contributed by atoms with Gasteiger partial charge >= 0.3 is 0 Å². The zero-order valence-electron chi connectivity index (χ0n) is 14.1. The number of hydrogen-bond acceptors (Lipinski definition) is 2. The van der Waals surface area contributed by atoms with Gasteiger partial charge in [-0.05, 0) is 42.9 Å². The molecule has 0 N–H and O–H groups in total. The topological polar surface area (TPSA) is 6.48 Å². The number of benzene rings is 1. The van der Waals surface area contributed by atoms with Gasteiger partial charge in [0.1, 0.15) is 0 Å². The van der Waals surface area contributed by atoms with Gasteiger partial charge in [0.25, 0.3) is 0 Å². The average Bonchev–Trinajstić information content (AvgIpc) is 2.92. The molecule has 116 valence electrons. The van der Waals surface area contributed by atoms with Gasteiger partial charge in [0.15, 0.2) is 0 Å². The Balaban J connectivity index is 1.94. The van der Waals surface area contributed by atoms with Gasteiger partial charge in [-0.25, -0.2) is 0 Å². The van der Waals surface area contributed by atoms with Crippen LogP contribution in [0.4, 0.5) is 5.69 Å². The molecule has 0 aromatic heterocycles. The van der Waals surface area contributed by atoms with Crippen LogP contribution in [0.25, 0.3) is 0 Å². The molecular weight excluding hydrogens is 256 g/mol. The number of rotatable bonds is 2. The molecule has 2 aliphatic rings. The number of fused-ring (bicyclic) bond motifs is 1. The highest BCUT2D eigenvalue weighted by Gasteiger charge is 2.36. The monoisotopic (exact) mass is 286 g/mol. The first-order chi connectivity index (χ1) is 10.0. The molecule has 2 heterocycles. The molecule has 2 unspecified atom stereocenters. The summed E-state index contributed by atoms with van der Waals surface area (Å²) < 4.78 is 0. The molecule has 2 atom stereocenters. The van der Waals surface area contributed by atoms with Crippen molar-refractivity contribution in [3.05, 3.63) is 29.8 Å². The predicted octanol–water partition coefficient (Wildman–Crippen LogP) is 4.05. The van der Waals surface area contributed by atoms with Crippen molar-refractivity contribution in [1.29, 1.82) is 0 Å². The second-order valence-corrected chi connectivity index (χ2v) is 7.77. The van der Waals surface area contributed by atoms with E-state index in [9.17, 15) is 0 Å². The van der Waals surface area contributed by atoms with E-state index in [1.54, 1.807) is 0 Å². The van der Waals surface area contributed by atoms with Crippen LogP contribution in [-0.4, -0.2) is 36.6 Å². The third kappa shape index (κ3) is 2.83. The summed E-state index contributed by atoms with van der Waals surface area (Å²) in [6.07, 6.45) is 4.00. The van der Waals surface area contributed by atoms with Crippen LogP contribution in [0.5, 0.6) is 0 Å². The highest BCUT2D eigenvalue weighted by Crippen LogP contribution is 2.36. The van der Waals surface area contributed by atoms with Crippen LogP contribution in [0, 0.1) is 0 Å². The fraction of sp³-hybridized carbons (Fsp3) is 0.684. The molecular formula is C19H30N2. The van der Waals surface area contributed by atoms with E-state index in [-0.39, 0.29) is 5.41 Å². The van der Waals surface area contributed by atoms with E-state index in [0.29, 0.717) is 6.04 Å². The second-order valence-electron chi connectivity index (χ2n) is 7.77. The minimum absolute atomic E-state index is 0.210. The Hall–Kier alpha value is -1.02. The first-order valence-electron chi connectivity index (χ1n) is 8.61. The maximum absolute atomic E-state index is 2.73. The molecule has 2 saturated heterocycles. The minimum atomic E-state index is 0.210. The van der Waals surface area contributed by atoms with E-state index < -0.39 is 0 Å². The van der Waals surface area contributed by atoms with Crippen LogP contribution in [0.1, 0.15) is 52.5 Å². The van der Waals surface area contributed by atoms with Crippen molar-refractivity contribution >= 4 is 5.69 Å². The average molecular weight is 286 g/mol. The molecule has 2 fully saturated rings. The van der Waals surface area contributed by atoms with E-state index in [1.165, 1.54) is 50.1 Å². The smallest absolute Gasteiger partial charge is 0.0415 e. The standard InChI is InChI=1S/C19H30N2/c1-5-15-13-20-12-8-9-16(20)14-21(15)18-11-7-6-10-17(18)19(2,3)4/h6-7,10-11,15-16H,5,8-9,12-14H2,1-4H3. The van der Waals surface area contributed by atoms with Gasteiger partial charge in [-0.2, -0.15) is 0 Å². The van der Waals surface area contributed by atoms with Crippen molar-refractivity contribution in [1.82, 2.24) is 4.90 Å². The lowest BCUT2D eigenvalue weighted by atomic mass is 9.85. The van der Waals surface area contributed by atoms with Gasteiger partial charge in [-0.1, -0.05) is 45.9 Å². The largest absolute Gasteiger partial charge is 0.365 e. The first-order valence-corrected chi connectivity index (χ1v) is 8.61. The Morgan fingerprint density at radius 3 is 2.62 bits per heavy atom. The fourth-order valence-corrected chi connectivity index (χ4v) is 4.09. The normalized spacial score (nSPS) is 27.0. The molecule has 0 bridgehead atoms. The molecule has 2 heteroatoms. The molecule has 0 saturated carbocycles. The molecule has 0 amide bonds. The maximum atomic E-state index is 2.73. The van der Waals surface area contributed by atoms with Gasteiger partial charge in [0, 0.05) is 30.9 Å². The highest BCUT2D eigenvalue weighted by molar-refractivity contribution is 5.57. The van der Waals surface area contributed by atoms with Crippen LogP contribution in [0.2, 0.25) is 0 Å². The molecule has 0 aliphatic carbocycles. The lowest BCUT2D eigenvalue weighted by Crippen LogP contribution is -2.56. The Kier molecular flexibility index (Phi) is 4.00. The number of nitrogens with zero attached hydrogens (tertiary/aromatic N) is 2. The van der Waals surface area contributed by atoms with Crippen LogP contribution >= 0.6 is 0 Å². The summed E-state index contributed by atoms with van der Waals surface area (Å²) in [4.78, 5) is 5.44. The molecule has 0 radical (unpaired) electrons. The zero-order valence-corrected chi connectivity index (χ0v) is 14.1. The summed E-state index contributed by atoms with van der Waals surface area (Å²) in [6.45, 7) is 13.1. The fourth-order valence-electron chi connectivity index (χ4n) is 4.09. The highest BCUT2D eigenvalue weighted by atomic mass is 15.3. The minimum Gasteiger partial charge on any atom is -0.365 e. The maximum Gasteiger partial charge on any atom is 0.0415 e. The predicted molar refractivity (Wildman–Crippen MR) is 91.2 cm³/mol. The Labute approximate surface area is 130 Å². The summed E-state index contributed by atoms with van der Waals surface area (Å²) in [7, 11) is 0. The van der Waals surface area contributed by atoms with Crippen molar-refractivity contribution in [2.75, 3.05) is 24.5 Å². The van der Waals surface area contributed by atoms with E-state index >= 15 is 0 Å². The van der Waals surface area contributed by atoms with E-state index in [0.717, 1.165) is 6.04 Å². The SMILES string of the molecule is CCC1CN2CCCC2CN1c1ccccc1C(C)(C)C. The van der Waals surface area contributed by atoms with E-state index in [1.807, 2.05) is 0 Å². The lowest BCUT2D eigenvalue weighted by Gasteiger charge is -2.46. The number of para-hydroxylation sites is 1. The van der Waals surface area contributed by atoms with Gasteiger partial charge in [-0.15, -0.1) is 0 Å². The second kappa shape index (κ2) is 5.64. The Bertz CT molecular complexity index is 489. The number of anilines is 1.